The van der Waals surface area contributed by atoms with Crippen LogP contribution in [0.3, 0.4) is 0 Å². The van der Waals surface area contributed by atoms with E-state index in [9.17, 15) is 18.3 Å². The number of halogens is 1. The smallest absolute Gasteiger partial charge is 0.310 e. The molecule has 1 aromatic rings. The van der Waals surface area contributed by atoms with Crippen LogP contribution in [-0.2, 0) is 14.8 Å². The van der Waals surface area contributed by atoms with E-state index < -0.39 is 21.4 Å². The fraction of sp³-hybridized carbons (Fsp3) is 0.462. The second kappa shape index (κ2) is 6.86. The first kappa shape index (κ1) is 17.4. The van der Waals surface area contributed by atoms with Crippen LogP contribution in [0.15, 0.2) is 29.2 Å². The van der Waals surface area contributed by atoms with Gasteiger partial charge >= 0.3 is 5.97 Å². The Bertz CT molecular complexity index is 565. The zero-order valence-corrected chi connectivity index (χ0v) is 14.4. The van der Waals surface area contributed by atoms with E-state index in [0.717, 1.165) is 3.57 Å². The summed E-state index contributed by atoms with van der Waals surface area (Å²) in [6.07, 6.45) is 0.738. The van der Waals surface area contributed by atoms with Crippen LogP contribution in [0.5, 0.6) is 0 Å². The van der Waals surface area contributed by atoms with Gasteiger partial charge in [-0.1, -0.05) is 13.8 Å². The van der Waals surface area contributed by atoms with Gasteiger partial charge in [-0.25, -0.2) is 13.1 Å². The maximum atomic E-state index is 12.1. The zero-order chi connectivity index (χ0) is 15.4. The fourth-order valence-electron chi connectivity index (χ4n) is 1.81. The molecule has 112 valence electrons. The minimum Gasteiger partial charge on any atom is -0.481 e. The van der Waals surface area contributed by atoms with Crippen molar-refractivity contribution in [1.82, 2.24) is 4.72 Å². The molecule has 0 saturated carbocycles. The summed E-state index contributed by atoms with van der Waals surface area (Å²) < 4.78 is 27.6. The number of carboxylic acids is 1. The van der Waals surface area contributed by atoms with E-state index in [4.69, 9.17) is 0 Å². The van der Waals surface area contributed by atoms with Gasteiger partial charge in [-0.2, -0.15) is 0 Å². The Morgan fingerprint density at radius 3 is 2.15 bits per heavy atom. The molecular formula is C13H18INO4S. The van der Waals surface area contributed by atoms with Gasteiger partial charge in [0, 0.05) is 10.1 Å². The maximum Gasteiger partial charge on any atom is 0.310 e. The Morgan fingerprint density at radius 2 is 1.75 bits per heavy atom. The summed E-state index contributed by atoms with van der Waals surface area (Å²) in [6.45, 7) is 3.39. The second-order valence-corrected chi connectivity index (χ2v) is 7.58. The first-order valence-electron chi connectivity index (χ1n) is 6.26. The lowest BCUT2D eigenvalue weighted by Gasteiger charge is -2.26. The lowest BCUT2D eigenvalue weighted by atomic mass is 9.83. The molecule has 1 rings (SSSR count). The molecule has 0 amide bonds. The zero-order valence-electron chi connectivity index (χ0n) is 11.4. The molecule has 0 fully saturated rings. The Labute approximate surface area is 133 Å². The highest BCUT2D eigenvalue weighted by Crippen LogP contribution is 2.26. The number of rotatable bonds is 7. The van der Waals surface area contributed by atoms with Gasteiger partial charge in [-0.15, -0.1) is 0 Å². The van der Waals surface area contributed by atoms with Crippen molar-refractivity contribution < 1.29 is 18.3 Å². The van der Waals surface area contributed by atoms with Crippen molar-refractivity contribution in [3.8, 4) is 0 Å². The maximum absolute atomic E-state index is 12.1. The Morgan fingerprint density at radius 1 is 1.25 bits per heavy atom. The van der Waals surface area contributed by atoms with Gasteiger partial charge in [0.2, 0.25) is 10.0 Å². The van der Waals surface area contributed by atoms with Crippen molar-refractivity contribution in [2.45, 2.75) is 31.6 Å². The van der Waals surface area contributed by atoms with Crippen LogP contribution in [0.2, 0.25) is 0 Å². The molecule has 0 aliphatic carbocycles. The lowest BCUT2D eigenvalue weighted by molar-refractivity contribution is -0.149. The molecule has 7 heteroatoms. The first-order valence-corrected chi connectivity index (χ1v) is 8.82. The Kier molecular flexibility index (Phi) is 5.96. The minimum absolute atomic E-state index is 0.107. The van der Waals surface area contributed by atoms with E-state index in [1.165, 1.54) is 12.1 Å². The number of nitrogens with one attached hydrogen (secondary N) is 1. The molecule has 0 heterocycles. The van der Waals surface area contributed by atoms with Crippen LogP contribution in [0.25, 0.3) is 0 Å². The predicted molar refractivity (Wildman–Crippen MR) is 85.0 cm³/mol. The van der Waals surface area contributed by atoms with Gasteiger partial charge in [0.05, 0.1) is 10.3 Å². The number of aliphatic carboxylic acids is 1. The lowest BCUT2D eigenvalue weighted by Crippen LogP contribution is -2.42. The van der Waals surface area contributed by atoms with E-state index in [1.807, 2.05) is 0 Å². The summed E-state index contributed by atoms with van der Waals surface area (Å²) >= 11 is 2.09. The number of benzene rings is 1. The van der Waals surface area contributed by atoms with E-state index in [-0.39, 0.29) is 11.4 Å². The second-order valence-electron chi connectivity index (χ2n) is 4.57. The van der Waals surface area contributed by atoms with Gasteiger partial charge in [-0.05, 0) is 59.7 Å². The molecule has 0 radical (unpaired) electrons. The summed E-state index contributed by atoms with van der Waals surface area (Å²) in [4.78, 5) is 11.5. The monoisotopic (exact) mass is 411 g/mol. The average molecular weight is 411 g/mol. The largest absolute Gasteiger partial charge is 0.481 e. The summed E-state index contributed by atoms with van der Waals surface area (Å²) in [5.74, 6) is -0.979. The molecule has 2 N–H and O–H groups in total. The number of carbonyl (C=O) groups is 1. The van der Waals surface area contributed by atoms with Crippen molar-refractivity contribution >= 4 is 38.6 Å². The highest BCUT2D eigenvalue weighted by molar-refractivity contribution is 14.1. The fourth-order valence-corrected chi connectivity index (χ4v) is 3.30. The third-order valence-corrected chi connectivity index (χ3v) is 5.67. The average Bonchev–Trinajstić information content (AvgIpc) is 2.40. The molecule has 0 aromatic heterocycles. The molecule has 1 aromatic carbocycles. The predicted octanol–water partition coefficient (Wildman–Crippen LogP) is 2.46. The highest BCUT2D eigenvalue weighted by atomic mass is 127. The standard InChI is InChI=1S/C13H18INO4S/c1-3-13(4-2,12(16)17)9-15-20(18,19)11-7-5-10(14)6-8-11/h5-8,15H,3-4,9H2,1-2H3,(H,16,17). The summed E-state index contributed by atoms with van der Waals surface area (Å²) in [5.41, 5.74) is -1.06. The van der Waals surface area contributed by atoms with Gasteiger partial charge in [0.1, 0.15) is 0 Å². The van der Waals surface area contributed by atoms with Gasteiger partial charge < -0.3 is 5.11 Å². The summed E-state index contributed by atoms with van der Waals surface area (Å²) in [5, 5.41) is 9.29. The molecule has 0 unspecified atom stereocenters. The van der Waals surface area contributed by atoms with Crippen LogP contribution in [0, 0.1) is 8.99 Å². The van der Waals surface area contributed by atoms with E-state index in [1.54, 1.807) is 26.0 Å². The minimum atomic E-state index is -3.68. The van der Waals surface area contributed by atoms with Crippen LogP contribution in [0.4, 0.5) is 0 Å². The van der Waals surface area contributed by atoms with Crippen molar-refractivity contribution in [1.29, 1.82) is 0 Å². The molecular weight excluding hydrogens is 393 g/mol. The molecule has 0 aliphatic heterocycles. The molecule has 0 aliphatic rings. The third-order valence-electron chi connectivity index (χ3n) is 3.53. The van der Waals surface area contributed by atoms with Gasteiger partial charge in [0.15, 0.2) is 0 Å². The van der Waals surface area contributed by atoms with E-state index in [2.05, 4.69) is 27.3 Å². The molecule has 0 saturated heterocycles. The van der Waals surface area contributed by atoms with Gasteiger partial charge in [0.25, 0.3) is 0 Å². The topological polar surface area (TPSA) is 83.5 Å². The van der Waals surface area contributed by atoms with Crippen LogP contribution in [-0.4, -0.2) is 26.0 Å². The van der Waals surface area contributed by atoms with Crippen LogP contribution in [0.1, 0.15) is 26.7 Å². The van der Waals surface area contributed by atoms with Crippen molar-refractivity contribution in [2.75, 3.05) is 6.54 Å². The van der Waals surface area contributed by atoms with Crippen LogP contribution < -0.4 is 4.72 Å². The number of hydrogen-bond acceptors (Lipinski definition) is 3. The molecule has 0 bridgehead atoms. The van der Waals surface area contributed by atoms with E-state index in [0.29, 0.717) is 12.8 Å². The number of hydrogen-bond donors (Lipinski definition) is 2. The molecule has 20 heavy (non-hydrogen) atoms. The number of carboxylic acid groups (broad SMARTS) is 1. The normalized spacial score (nSPS) is 12.3. The Balaban J connectivity index is 2.92. The quantitative estimate of drug-likeness (QED) is 0.676. The molecule has 0 atom stereocenters. The number of sulfonamides is 1. The van der Waals surface area contributed by atoms with E-state index >= 15 is 0 Å². The van der Waals surface area contributed by atoms with Crippen molar-refractivity contribution in [3.05, 3.63) is 27.8 Å². The SMILES string of the molecule is CCC(CC)(CNS(=O)(=O)c1ccc(I)cc1)C(=O)O. The molecule has 0 spiro atoms. The third kappa shape index (κ3) is 3.92. The van der Waals surface area contributed by atoms with Gasteiger partial charge in [-0.3, -0.25) is 4.79 Å². The Hall–Kier alpha value is -0.670. The van der Waals surface area contributed by atoms with Crippen molar-refractivity contribution in [2.24, 2.45) is 5.41 Å². The highest BCUT2D eigenvalue weighted by Gasteiger charge is 2.36. The molecule has 5 nitrogen and oxygen atoms in total. The van der Waals surface area contributed by atoms with Crippen molar-refractivity contribution in [3.63, 3.8) is 0 Å². The van der Waals surface area contributed by atoms with Crippen LogP contribution >= 0.6 is 22.6 Å². The summed E-state index contributed by atoms with van der Waals surface area (Å²) in [7, 11) is -3.68. The summed E-state index contributed by atoms with van der Waals surface area (Å²) in [6, 6.07) is 6.40. The first-order chi connectivity index (χ1) is 9.27.